The second-order valence-electron chi connectivity index (χ2n) is 4.73. The highest BCUT2D eigenvalue weighted by molar-refractivity contribution is 5.73. The molecule has 118 valence electrons. The van der Waals surface area contributed by atoms with E-state index in [0.29, 0.717) is 12.1 Å². The highest BCUT2D eigenvalue weighted by atomic mass is 19.4. The van der Waals surface area contributed by atoms with E-state index in [9.17, 15) is 18.0 Å². The lowest BCUT2D eigenvalue weighted by atomic mass is 9.90. The van der Waals surface area contributed by atoms with Gasteiger partial charge in [-0.05, 0) is 32.7 Å². The summed E-state index contributed by atoms with van der Waals surface area (Å²) >= 11 is 0. The molecule has 0 heterocycles. The van der Waals surface area contributed by atoms with E-state index >= 15 is 0 Å². The second kappa shape index (κ2) is 8.08. The van der Waals surface area contributed by atoms with Crippen LogP contribution in [0.1, 0.15) is 32.6 Å². The Bertz CT molecular complexity index is 326. The minimum Gasteiger partial charge on any atom is -0.475 e. The van der Waals surface area contributed by atoms with Gasteiger partial charge in [0.05, 0.1) is 0 Å². The van der Waals surface area contributed by atoms with Crippen LogP contribution < -0.4 is 5.32 Å². The molecule has 0 aromatic carbocycles. The van der Waals surface area contributed by atoms with Crippen LogP contribution in [0.5, 0.6) is 0 Å². The summed E-state index contributed by atoms with van der Waals surface area (Å²) in [7, 11) is 3.92. The SMILES string of the molecule is CNC1CCC(N(C)C(C)=O)CC1.O=C(O)C(F)(F)F. The summed E-state index contributed by atoms with van der Waals surface area (Å²) in [6, 6.07) is 1.14. The Morgan fingerprint density at radius 2 is 1.60 bits per heavy atom. The van der Waals surface area contributed by atoms with Crippen LogP contribution in [0.2, 0.25) is 0 Å². The van der Waals surface area contributed by atoms with Gasteiger partial charge in [-0.3, -0.25) is 4.79 Å². The Kier molecular flexibility index (Phi) is 7.55. The molecule has 0 atom stereocenters. The van der Waals surface area contributed by atoms with Crippen molar-refractivity contribution >= 4 is 11.9 Å². The zero-order valence-corrected chi connectivity index (χ0v) is 11.8. The topological polar surface area (TPSA) is 69.6 Å². The summed E-state index contributed by atoms with van der Waals surface area (Å²) in [6.07, 6.45) is -0.416. The molecule has 0 saturated heterocycles. The first-order valence-corrected chi connectivity index (χ1v) is 6.30. The van der Waals surface area contributed by atoms with E-state index in [1.165, 1.54) is 12.8 Å². The predicted molar refractivity (Wildman–Crippen MR) is 67.2 cm³/mol. The van der Waals surface area contributed by atoms with Crippen LogP contribution in [0.3, 0.4) is 0 Å². The van der Waals surface area contributed by atoms with Gasteiger partial charge >= 0.3 is 12.1 Å². The molecule has 0 spiro atoms. The van der Waals surface area contributed by atoms with E-state index in [-0.39, 0.29) is 5.91 Å². The van der Waals surface area contributed by atoms with E-state index < -0.39 is 12.1 Å². The van der Waals surface area contributed by atoms with Crippen molar-refractivity contribution in [3.8, 4) is 0 Å². The monoisotopic (exact) mass is 298 g/mol. The van der Waals surface area contributed by atoms with E-state index in [1.54, 1.807) is 6.92 Å². The Labute approximate surface area is 116 Å². The summed E-state index contributed by atoms with van der Waals surface area (Å²) < 4.78 is 31.7. The molecule has 0 bridgehead atoms. The number of hydrogen-bond donors (Lipinski definition) is 2. The molecule has 1 aliphatic rings. The van der Waals surface area contributed by atoms with Crippen molar-refractivity contribution in [2.24, 2.45) is 0 Å². The minimum absolute atomic E-state index is 0.188. The number of amides is 1. The lowest BCUT2D eigenvalue weighted by molar-refractivity contribution is -0.192. The van der Waals surface area contributed by atoms with Gasteiger partial charge in [0.2, 0.25) is 5.91 Å². The first kappa shape index (κ1) is 18.7. The quantitative estimate of drug-likeness (QED) is 0.813. The lowest BCUT2D eigenvalue weighted by Gasteiger charge is -2.34. The average Bonchev–Trinajstić information content (AvgIpc) is 2.37. The van der Waals surface area contributed by atoms with E-state index in [4.69, 9.17) is 9.90 Å². The fourth-order valence-corrected chi connectivity index (χ4v) is 2.01. The zero-order chi connectivity index (χ0) is 15.9. The first-order valence-electron chi connectivity index (χ1n) is 6.30. The van der Waals surface area contributed by atoms with Crippen molar-refractivity contribution < 1.29 is 27.9 Å². The van der Waals surface area contributed by atoms with Crippen LogP contribution >= 0.6 is 0 Å². The number of alkyl halides is 3. The van der Waals surface area contributed by atoms with Crippen molar-refractivity contribution in [2.45, 2.75) is 50.9 Å². The number of halogens is 3. The molecular weight excluding hydrogens is 277 g/mol. The van der Waals surface area contributed by atoms with Crippen LogP contribution in [0.25, 0.3) is 0 Å². The molecule has 5 nitrogen and oxygen atoms in total. The molecule has 0 radical (unpaired) electrons. The van der Waals surface area contributed by atoms with E-state index in [2.05, 4.69) is 5.32 Å². The number of nitrogens with one attached hydrogen (secondary N) is 1. The number of carbonyl (C=O) groups is 2. The maximum Gasteiger partial charge on any atom is 0.490 e. The number of nitrogens with zero attached hydrogens (tertiary/aromatic N) is 1. The highest BCUT2D eigenvalue weighted by Crippen LogP contribution is 2.22. The molecule has 8 heteroatoms. The van der Waals surface area contributed by atoms with E-state index in [0.717, 1.165) is 12.8 Å². The summed E-state index contributed by atoms with van der Waals surface area (Å²) in [6.45, 7) is 1.64. The van der Waals surface area contributed by atoms with Crippen LogP contribution in [-0.2, 0) is 9.59 Å². The first-order chi connectivity index (χ1) is 9.09. The lowest BCUT2D eigenvalue weighted by Crippen LogP contribution is -2.41. The standard InChI is InChI=1S/C10H20N2O.C2HF3O2/c1-8(13)12(3)10-6-4-9(11-2)5-7-10;3-2(4,5)1(6)7/h9-11H,4-7H2,1-3H3;(H,6,7). The molecule has 0 unspecified atom stereocenters. The molecule has 0 aliphatic heterocycles. The fourth-order valence-electron chi connectivity index (χ4n) is 2.01. The van der Waals surface area contributed by atoms with E-state index in [1.807, 2.05) is 19.0 Å². The average molecular weight is 298 g/mol. The van der Waals surface area contributed by atoms with Gasteiger partial charge < -0.3 is 15.3 Å². The minimum atomic E-state index is -5.08. The van der Waals surface area contributed by atoms with Crippen LogP contribution in [0.4, 0.5) is 13.2 Å². The highest BCUT2D eigenvalue weighted by Gasteiger charge is 2.38. The molecule has 1 fully saturated rings. The molecule has 0 aromatic heterocycles. The number of carbonyl (C=O) groups excluding carboxylic acids is 1. The van der Waals surface area contributed by atoms with Gasteiger partial charge in [-0.15, -0.1) is 0 Å². The summed E-state index contributed by atoms with van der Waals surface area (Å²) in [5.41, 5.74) is 0. The molecule has 1 rings (SSSR count). The van der Waals surface area contributed by atoms with Gasteiger partial charge in [-0.25, -0.2) is 4.79 Å². The number of hydrogen-bond acceptors (Lipinski definition) is 3. The summed E-state index contributed by atoms with van der Waals surface area (Å²) in [5, 5.41) is 10.4. The van der Waals surface area contributed by atoms with Crippen LogP contribution in [0, 0.1) is 0 Å². The Morgan fingerprint density at radius 1 is 1.20 bits per heavy atom. The molecule has 1 saturated carbocycles. The third-order valence-corrected chi connectivity index (χ3v) is 3.39. The molecular formula is C12H21F3N2O3. The van der Waals surface area contributed by atoms with Crippen molar-refractivity contribution in [3.05, 3.63) is 0 Å². The van der Waals surface area contributed by atoms with Crippen molar-refractivity contribution in [2.75, 3.05) is 14.1 Å². The fraction of sp³-hybridized carbons (Fsp3) is 0.833. The van der Waals surface area contributed by atoms with Gasteiger partial charge in [-0.2, -0.15) is 13.2 Å². The third kappa shape index (κ3) is 6.74. The maximum atomic E-state index is 11.1. The normalized spacial score (nSPS) is 22.5. The molecule has 1 amide bonds. The maximum absolute atomic E-state index is 11.1. The smallest absolute Gasteiger partial charge is 0.475 e. The number of aliphatic carboxylic acids is 1. The van der Waals surface area contributed by atoms with Crippen molar-refractivity contribution in [1.82, 2.24) is 10.2 Å². The van der Waals surface area contributed by atoms with Crippen LogP contribution in [0.15, 0.2) is 0 Å². The largest absolute Gasteiger partial charge is 0.490 e. The zero-order valence-electron chi connectivity index (χ0n) is 11.8. The van der Waals surface area contributed by atoms with Gasteiger partial charge in [0.1, 0.15) is 0 Å². The van der Waals surface area contributed by atoms with Crippen molar-refractivity contribution in [1.29, 1.82) is 0 Å². The Hall–Kier alpha value is -1.31. The second-order valence-corrected chi connectivity index (χ2v) is 4.73. The Balaban J connectivity index is 0.000000441. The number of rotatable bonds is 2. The summed E-state index contributed by atoms with van der Waals surface area (Å²) in [5.74, 6) is -2.57. The molecule has 20 heavy (non-hydrogen) atoms. The number of carboxylic acid groups (broad SMARTS) is 1. The Morgan fingerprint density at radius 3 is 1.85 bits per heavy atom. The van der Waals surface area contributed by atoms with Crippen LogP contribution in [-0.4, -0.2) is 54.2 Å². The van der Waals surface area contributed by atoms with Gasteiger partial charge in [0.25, 0.3) is 0 Å². The van der Waals surface area contributed by atoms with Gasteiger partial charge in [0.15, 0.2) is 0 Å². The van der Waals surface area contributed by atoms with Gasteiger partial charge in [0, 0.05) is 26.1 Å². The predicted octanol–water partition coefficient (Wildman–Crippen LogP) is 1.63. The molecule has 2 N–H and O–H groups in total. The number of carboxylic acids is 1. The van der Waals surface area contributed by atoms with Crippen molar-refractivity contribution in [3.63, 3.8) is 0 Å². The van der Waals surface area contributed by atoms with Gasteiger partial charge in [-0.1, -0.05) is 0 Å². The third-order valence-electron chi connectivity index (χ3n) is 3.39. The summed E-state index contributed by atoms with van der Waals surface area (Å²) in [4.78, 5) is 21.9. The molecule has 0 aromatic rings. The molecule has 1 aliphatic carbocycles.